The number of aryl methyl sites for hydroxylation is 1. The molecule has 0 bridgehead atoms. The van der Waals surface area contributed by atoms with Crippen molar-refractivity contribution in [2.45, 2.75) is 13.3 Å². The Morgan fingerprint density at radius 3 is 2.64 bits per heavy atom. The Morgan fingerprint density at radius 1 is 1.43 bits per heavy atom. The molecule has 0 amide bonds. The van der Waals surface area contributed by atoms with Gasteiger partial charge in [0.25, 0.3) is 0 Å². The minimum Gasteiger partial charge on any atom is -0.493 e. The first-order chi connectivity index (χ1) is 6.69. The number of benzene rings is 1. The van der Waals surface area contributed by atoms with Crippen LogP contribution in [0.25, 0.3) is 0 Å². The summed E-state index contributed by atoms with van der Waals surface area (Å²) in [7, 11) is 3.37. The van der Waals surface area contributed by atoms with Gasteiger partial charge in [-0.15, -0.1) is 0 Å². The molecule has 0 unspecified atom stereocenters. The zero-order valence-electron chi connectivity index (χ0n) is 8.86. The summed E-state index contributed by atoms with van der Waals surface area (Å²) < 4.78 is 18.3. The third kappa shape index (κ3) is 2.45. The standard InChI is InChI=1S/C11H16FNO/c1-8-6-9(4-5-13-2)7-10(12)11(8)14-3/h6-7,13H,4-5H2,1-3H3. The molecule has 0 saturated carbocycles. The Labute approximate surface area is 84.1 Å². The molecule has 2 nitrogen and oxygen atoms in total. The van der Waals surface area contributed by atoms with E-state index in [4.69, 9.17) is 4.74 Å². The molecule has 0 atom stereocenters. The number of halogens is 1. The van der Waals surface area contributed by atoms with Crippen LogP contribution in [-0.2, 0) is 6.42 Å². The first-order valence-electron chi connectivity index (χ1n) is 4.66. The monoisotopic (exact) mass is 197 g/mol. The molecule has 1 aromatic carbocycles. The molecule has 1 aromatic rings. The second kappa shape index (κ2) is 4.96. The lowest BCUT2D eigenvalue weighted by Gasteiger charge is -2.08. The maximum absolute atomic E-state index is 13.4. The van der Waals surface area contributed by atoms with Crippen molar-refractivity contribution in [2.75, 3.05) is 20.7 Å². The summed E-state index contributed by atoms with van der Waals surface area (Å²) in [6.07, 6.45) is 0.832. The normalized spacial score (nSPS) is 10.3. The highest BCUT2D eigenvalue weighted by molar-refractivity contribution is 5.37. The lowest BCUT2D eigenvalue weighted by molar-refractivity contribution is 0.383. The van der Waals surface area contributed by atoms with E-state index in [1.54, 1.807) is 0 Å². The predicted octanol–water partition coefficient (Wildman–Crippen LogP) is 1.90. The number of methoxy groups -OCH3 is 1. The van der Waals surface area contributed by atoms with Crippen molar-refractivity contribution in [3.8, 4) is 5.75 Å². The number of hydrogen-bond acceptors (Lipinski definition) is 2. The van der Waals surface area contributed by atoms with E-state index in [2.05, 4.69) is 5.32 Å². The summed E-state index contributed by atoms with van der Waals surface area (Å²) >= 11 is 0. The second-order valence-corrected chi connectivity index (χ2v) is 3.28. The third-order valence-corrected chi connectivity index (χ3v) is 2.16. The zero-order valence-corrected chi connectivity index (χ0v) is 8.86. The minimum atomic E-state index is -0.279. The first-order valence-corrected chi connectivity index (χ1v) is 4.66. The lowest BCUT2D eigenvalue weighted by atomic mass is 10.1. The van der Waals surface area contributed by atoms with Crippen LogP contribution in [-0.4, -0.2) is 20.7 Å². The molecule has 0 heterocycles. The summed E-state index contributed by atoms with van der Waals surface area (Å²) in [5.41, 5.74) is 1.84. The topological polar surface area (TPSA) is 21.3 Å². The zero-order chi connectivity index (χ0) is 10.6. The Bertz CT molecular complexity index is 289. The summed E-state index contributed by atoms with van der Waals surface area (Å²) in [5, 5.41) is 3.03. The largest absolute Gasteiger partial charge is 0.493 e. The molecule has 3 heteroatoms. The number of rotatable bonds is 4. The minimum absolute atomic E-state index is 0.279. The Kier molecular flexibility index (Phi) is 3.89. The molecule has 0 fully saturated rings. The number of ether oxygens (including phenoxy) is 1. The average molecular weight is 197 g/mol. The lowest BCUT2D eigenvalue weighted by Crippen LogP contribution is -2.10. The third-order valence-electron chi connectivity index (χ3n) is 2.16. The molecule has 0 saturated heterocycles. The highest BCUT2D eigenvalue weighted by Gasteiger charge is 2.07. The van der Waals surface area contributed by atoms with Crippen molar-refractivity contribution >= 4 is 0 Å². The van der Waals surface area contributed by atoms with E-state index in [9.17, 15) is 4.39 Å². The van der Waals surface area contributed by atoms with Crippen LogP contribution in [0.15, 0.2) is 12.1 Å². The van der Waals surface area contributed by atoms with Crippen LogP contribution >= 0.6 is 0 Å². The van der Waals surface area contributed by atoms with Crippen molar-refractivity contribution in [1.29, 1.82) is 0 Å². The van der Waals surface area contributed by atoms with Gasteiger partial charge < -0.3 is 10.1 Å². The molecule has 1 N–H and O–H groups in total. The number of likely N-dealkylation sites (N-methyl/N-ethyl adjacent to an activating group) is 1. The predicted molar refractivity (Wildman–Crippen MR) is 55.3 cm³/mol. The van der Waals surface area contributed by atoms with Gasteiger partial charge in [0.1, 0.15) is 0 Å². The van der Waals surface area contributed by atoms with Crippen LogP contribution < -0.4 is 10.1 Å². The fraction of sp³-hybridized carbons (Fsp3) is 0.455. The van der Waals surface area contributed by atoms with Crippen LogP contribution in [0.4, 0.5) is 4.39 Å². The molecular weight excluding hydrogens is 181 g/mol. The van der Waals surface area contributed by atoms with Crippen molar-refractivity contribution < 1.29 is 9.13 Å². The molecule has 0 radical (unpaired) electrons. The van der Waals surface area contributed by atoms with Crippen molar-refractivity contribution in [3.63, 3.8) is 0 Å². The van der Waals surface area contributed by atoms with Gasteiger partial charge in [0.2, 0.25) is 0 Å². The summed E-state index contributed by atoms with van der Waals surface area (Å²) in [4.78, 5) is 0. The van der Waals surface area contributed by atoms with Gasteiger partial charge in [-0.25, -0.2) is 4.39 Å². The Morgan fingerprint density at radius 2 is 2.14 bits per heavy atom. The van der Waals surface area contributed by atoms with E-state index in [-0.39, 0.29) is 5.82 Å². The second-order valence-electron chi connectivity index (χ2n) is 3.28. The van der Waals surface area contributed by atoms with E-state index >= 15 is 0 Å². The number of nitrogens with one attached hydrogen (secondary N) is 1. The van der Waals surface area contributed by atoms with Gasteiger partial charge in [-0.1, -0.05) is 6.07 Å². The SMILES string of the molecule is CNCCc1cc(C)c(OC)c(F)c1. The van der Waals surface area contributed by atoms with Gasteiger partial charge in [0.05, 0.1) is 7.11 Å². The van der Waals surface area contributed by atoms with Gasteiger partial charge in [-0.2, -0.15) is 0 Å². The molecule has 78 valence electrons. The van der Waals surface area contributed by atoms with Crippen molar-refractivity contribution in [2.24, 2.45) is 0 Å². The van der Waals surface area contributed by atoms with Crippen LogP contribution in [0.1, 0.15) is 11.1 Å². The maximum atomic E-state index is 13.4. The van der Waals surface area contributed by atoms with Crippen LogP contribution in [0, 0.1) is 12.7 Å². The summed E-state index contributed by atoms with van der Waals surface area (Å²) in [5.74, 6) is 0.0665. The molecular formula is C11H16FNO. The van der Waals surface area contributed by atoms with Crippen molar-refractivity contribution in [1.82, 2.24) is 5.32 Å². The average Bonchev–Trinajstić information content (AvgIpc) is 2.14. The van der Waals surface area contributed by atoms with Gasteiger partial charge in [0.15, 0.2) is 11.6 Å². The molecule has 1 rings (SSSR count). The van der Waals surface area contributed by atoms with E-state index in [1.807, 2.05) is 20.0 Å². The van der Waals surface area contributed by atoms with E-state index in [1.165, 1.54) is 13.2 Å². The van der Waals surface area contributed by atoms with Gasteiger partial charge in [-0.05, 0) is 44.1 Å². The number of hydrogen-bond donors (Lipinski definition) is 1. The van der Waals surface area contributed by atoms with Crippen molar-refractivity contribution in [3.05, 3.63) is 29.1 Å². The Hall–Kier alpha value is -1.09. The highest BCUT2D eigenvalue weighted by atomic mass is 19.1. The van der Waals surface area contributed by atoms with Crippen LogP contribution in [0.3, 0.4) is 0 Å². The van der Waals surface area contributed by atoms with Gasteiger partial charge >= 0.3 is 0 Å². The highest BCUT2D eigenvalue weighted by Crippen LogP contribution is 2.23. The Balaban J connectivity index is 2.90. The molecule has 0 aliphatic carbocycles. The molecule has 0 aliphatic rings. The smallest absolute Gasteiger partial charge is 0.165 e. The van der Waals surface area contributed by atoms with Gasteiger partial charge in [0, 0.05) is 0 Å². The maximum Gasteiger partial charge on any atom is 0.165 e. The summed E-state index contributed by atoms with van der Waals surface area (Å²) in [6.45, 7) is 2.70. The van der Waals surface area contributed by atoms with Gasteiger partial charge in [-0.3, -0.25) is 0 Å². The first kappa shape index (κ1) is 11.0. The van der Waals surface area contributed by atoms with E-state index in [0.29, 0.717) is 5.75 Å². The van der Waals surface area contributed by atoms with E-state index < -0.39 is 0 Å². The van der Waals surface area contributed by atoms with Crippen LogP contribution in [0.5, 0.6) is 5.75 Å². The quantitative estimate of drug-likeness (QED) is 0.796. The molecule has 14 heavy (non-hydrogen) atoms. The molecule has 0 spiro atoms. The van der Waals surface area contributed by atoms with E-state index in [0.717, 1.165) is 24.1 Å². The molecule has 0 aromatic heterocycles. The summed E-state index contributed by atoms with van der Waals surface area (Å²) in [6, 6.07) is 3.49. The van der Waals surface area contributed by atoms with Crippen LogP contribution in [0.2, 0.25) is 0 Å². The molecule has 0 aliphatic heterocycles. The fourth-order valence-corrected chi connectivity index (χ4v) is 1.47. The fourth-order valence-electron chi connectivity index (χ4n) is 1.47.